The summed E-state index contributed by atoms with van der Waals surface area (Å²) in [4.78, 5) is 0. The largest absolute Gasteiger partial charge is 0.376 e. The molecule has 1 N–H and O–H groups in total. The third-order valence-electron chi connectivity index (χ3n) is 2.67. The molecule has 0 aromatic heterocycles. The summed E-state index contributed by atoms with van der Waals surface area (Å²) in [6, 6.07) is 6.26. The first-order valence-corrected chi connectivity index (χ1v) is 5.87. The van der Waals surface area contributed by atoms with Gasteiger partial charge in [-0.15, -0.1) is 0 Å². The van der Waals surface area contributed by atoms with E-state index in [4.69, 9.17) is 14.7 Å². The fourth-order valence-electron chi connectivity index (χ4n) is 1.85. The molecule has 1 aromatic carbocycles. The van der Waals surface area contributed by atoms with Gasteiger partial charge in [-0.25, -0.2) is 4.39 Å². The summed E-state index contributed by atoms with van der Waals surface area (Å²) in [6.07, 6.45) is 0.0442. The van der Waals surface area contributed by atoms with Crippen LogP contribution in [0.3, 0.4) is 0 Å². The maximum absolute atomic E-state index is 13.2. The van der Waals surface area contributed by atoms with E-state index in [0.29, 0.717) is 38.5 Å². The number of hydrogen-bond acceptors (Lipinski definition) is 4. The molecule has 1 heterocycles. The van der Waals surface area contributed by atoms with Gasteiger partial charge in [0.1, 0.15) is 5.82 Å². The molecular formula is C13H15FN2O2. The first kappa shape index (κ1) is 13.0. The van der Waals surface area contributed by atoms with Crippen LogP contribution in [0.2, 0.25) is 0 Å². The molecule has 0 bridgehead atoms. The van der Waals surface area contributed by atoms with Gasteiger partial charge in [-0.05, 0) is 23.8 Å². The molecule has 5 heteroatoms. The van der Waals surface area contributed by atoms with Crippen molar-refractivity contribution in [1.82, 2.24) is 5.32 Å². The maximum Gasteiger partial charge on any atom is 0.124 e. The highest BCUT2D eigenvalue weighted by molar-refractivity contribution is 5.33. The lowest BCUT2D eigenvalue weighted by molar-refractivity contribution is -0.0864. The van der Waals surface area contributed by atoms with E-state index in [9.17, 15) is 4.39 Å². The van der Waals surface area contributed by atoms with Crippen LogP contribution in [0.4, 0.5) is 4.39 Å². The second kappa shape index (κ2) is 6.45. The van der Waals surface area contributed by atoms with Crippen molar-refractivity contribution in [3.63, 3.8) is 0 Å². The van der Waals surface area contributed by atoms with Gasteiger partial charge >= 0.3 is 0 Å². The molecule has 96 valence electrons. The highest BCUT2D eigenvalue weighted by Crippen LogP contribution is 2.08. The highest BCUT2D eigenvalue weighted by atomic mass is 19.1. The molecule has 0 saturated carbocycles. The van der Waals surface area contributed by atoms with Crippen molar-refractivity contribution in [2.45, 2.75) is 12.6 Å². The Morgan fingerprint density at radius 1 is 1.39 bits per heavy atom. The Balaban J connectivity index is 1.82. The zero-order valence-corrected chi connectivity index (χ0v) is 9.99. The van der Waals surface area contributed by atoms with Crippen LogP contribution >= 0.6 is 0 Å². The minimum Gasteiger partial charge on any atom is -0.376 e. The third kappa shape index (κ3) is 3.77. The Morgan fingerprint density at radius 3 is 3.00 bits per heavy atom. The summed E-state index contributed by atoms with van der Waals surface area (Å²) < 4.78 is 23.9. The Hall–Kier alpha value is -1.48. The minimum atomic E-state index is -0.386. The van der Waals surface area contributed by atoms with E-state index < -0.39 is 0 Å². The van der Waals surface area contributed by atoms with Gasteiger partial charge in [0.15, 0.2) is 0 Å². The number of benzene rings is 1. The summed E-state index contributed by atoms with van der Waals surface area (Å²) in [5.74, 6) is -0.386. The van der Waals surface area contributed by atoms with Crippen LogP contribution in [0.1, 0.15) is 11.1 Å². The zero-order valence-electron chi connectivity index (χ0n) is 9.99. The second-order valence-electron chi connectivity index (χ2n) is 4.16. The monoisotopic (exact) mass is 250 g/mol. The Labute approximate surface area is 105 Å². The maximum atomic E-state index is 13.2. The molecule has 1 aliphatic heterocycles. The third-order valence-corrected chi connectivity index (χ3v) is 2.67. The zero-order chi connectivity index (χ0) is 12.8. The molecule has 4 nitrogen and oxygen atoms in total. The molecule has 2 rings (SSSR count). The molecule has 1 atom stereocenters. The fraction of sp³-hybridized carbons (Fsp3) is 0.462. The van der Waals surface area contributed by atoms with Crippen molar-refractivity contribution in [2.24, 2.45) is 0 Å². The average Bonchev–Trinajstić information content (AvgIpc) is 2.39. The molecule has 0 radical (unpaired) electrons. The second-order valence-corrected chi connectivity index (χ2v) is 4.16. The average molecular weight is 250 g/mol. The number of hydrogen-bond donors (Lipinski definition) is 1. The Bertz CT molecular complexity index is 439. The number of nitrogens with one attached hydrogen (secondary N) is 1. The summed E-state index contributed by atoms with van der Waals surface area (Å²) in [5, 5.41) is 11.9. The van der Waals surface area contributed by atoms with E-state index in [1.807, 2.05) is 6.07 Å². The normalized spacial score (nSPS) is 19.4. The molecule has 1 aliphatic rings. The lowest BCUT2D eigenvalue weighted by Crippen LogP contribution is -2.37. The van der Waals surface area contributed by atoms with Crippen LogP contribution in [-0.4, -0.2) is 32.5 Å². The van der Waals surface area contributed by atoms with Crippen LogP contribution in [-0.2, 0) is 16.0 Å². The minimum absolute atomic E-state index is 0.0442. The first-order chi connectivity index (χ1) is 8.78. The molecule has 1 saturated heterocycles. The van der Waals surface area contributed by atoms with Crippen LogP contribution < -0.4 is 5.32 Å². The molecule has 1 fully saturated rings. The molecule has 0 spiro atoms. The standard InChI is InChI=1S/C13H15FN2O2/c14-12-4-10(6-15)3-11(5-12)7-16-8-13-9-17-1-2-18-13/h3-5,13,16H,1-2,7-9H2. The molecule has 0 amide bonds. The summed E-state index contributed by atoms with van der Waals surface area (Å²) in [7, 11) is 0. The van der Waals surface area contributed by atoms with E-state index in [1.165, 1.54) is 12.1 Å². The van der Waals surface area contributed by atoms with Gasteiger partial charge < -0.3 is 14.8 Å². The lowest BCUT2D eigenvalue weighted by atomic mass is 10.1. The van der Waals surface area contributed by atoms with Crippen molar-refractivity contribution < 1.29 is 13.9 Å². The Morgan fingerprint density at radius 2 is 2.28 bits per heavy atom. The number of halogens is 1. The smallest absolute Gasteiger partial charge is 0.124 e. The van der Waals surface area contributed by atoms with Gasteiger partial charge in [0, 0.05) is 13.1 Å². The summed E-state index contributed by atoms with van der Waals surface area (Å²) in [6.45, 7) is 3.00. The summed E-state index contributed by atoms with van der Waals surface area (Å²) in [5.41, 5.74) is 1.09. The molecule has 1 aromatic rings. The van der Waals surface area contributed by atoms with Gasteiger partial charge in [0.25, 0.3) is 0 Å². The van der Waals surface area contributed by atoms with E-state index in [0.717, 1.165) is 5.56 Å². The molecular weight excluding hydrogens is 235 g/mol. The lowest BCUT2D eigenvalue weighted by Gasteiger charge is -2.23. The van der Waals surface area contributed by atoms with Gasteiger partial charge in [-0.2, -0.15) is 5.26 Å². The van der Waals surface area contributed by atoms with Crippen molar-refractivity contribution in [3.8, 4) is 6.07 Å². The fourth-order valence-corrected chi connectivity index (χ4v) is 1.85. The van der Waals surface area contributed by atoms with E-state index in [1.54, 1.807) is 6.07 Å². The SMILES string of the molecule is N#Cc1cc(F)cc(CNCC2COCCO2)c1. The molecule has 1 unspecified atom stereocenters. The number of nitriles is 1. The van der Waals surface area contributed by atoms with Gasteiger partial charge in [-0.1, -0.05) is 0 Å². The van der Waals surface area contributed by atoms with Crippen LogP contribution in [0.5, 0.6) is 0 Å². The first-order valence-electron chi connectivity index (χ1n) is 5.87. The van der Waals surface area contributed by atoms with E-state index in [-0.39, 0.29) is 11.9 Å². The Kier molecular flexibility index (Phi) is 4.65. The van der Waals surface area contributed by atoms with Gasteiger partial charge in [0.05, 0.1) is 37.6 Å². The van der Waals surface area contributed by atoms with Crippen molar-refractivity contribution in [2.75, 3.05) is 26.4 Å². The molecule has 18 heavy (non-hydrogen) atoms. The quantitative estimate of drug-likeness (QED) is 0.872. The number of ether oxygens (including phenoxy) is 2. The summed E-state index contributed by atoms with van der Waals surface area (Å²) >= 11 is 0. The van der Waals surface area contributed by atoms with Crippen molar-refractivity contribution in [1.29, 1.82) is 5.26 Å². The van der Waals surface area contributed by atoms with Crippen molar-refractivity contribution in [3.05, 3.63) is 35.1 Å². The van der Waals surface area contributed by atoms with E-state index in [2.05, 4.69) is 5.32 Å². The number of nitrogens with zero attached hydrogens (tertiary/aromatic N) is 1. The molecule has 0 aliphatic carbocycles. The van der Waals surface area contributed by atoms with E-state index >= 15 is 0 Å². The van der Waals surface area contributed by atoms with Crippen molar-refractivity contribution >= 4 is 0 Å². The topological polar surface area (TPSA) is 54.3 Å². The highest BCUT2D eigenvalue weighted by Gasteiger charge is 2.13. The van der Waals surface area contributed by atoms with Gasteiger partial charge in [-0.3, -0.25) is 0 Å². The van der Waals surface area contributed by atoms with Crippen LogP contribution in [0, 0.1) is 17.1 Å². The predicted octanol–water partition coefficient (Wildman–Crippen LogP) is 1.20. The number of rotatable bonds is 4. The van der Waals surface area contributed by atoms with Crippen LogP contribution in [0.15, 0.2) is 18.2 Å². The predicted molar refractivity (Wildman–Crippen MR) is 63.4 cm³/mol. The van der Waals surface area contributed by atoms with Crippen LogP contribution in [0.25, 0.3) is 0 Å². The van der Waals surface area contributed by atoms with Gasteiger partial charge in [0.2, 0.25) is 0 Å².